The van der Waals surface area contributed by atoms with Crippen molar-refractivity contribution in [1.29, 1.82) is 0 Å². The van der Waals surface area contributed by atoms with Crippen LogP contribution >= 0.6 is 0 Å². The second-order valence-corrected chi connectivity index (χ2v) is 8.57. The zero-order valence-corrected chi connectivity index (χ0v) is 18.7. The quantitative estimate of drug-likeness (QED) is 0.221. The van der Waals surface area contributed by atoms with Crippen molar-refractivity contribution >= 4 is 18.2 Å². The van der Waals surface area contributed by atoms with Gasteiger partial charge in [-0.3, -0.25) is 9.59 Å². The van der Waals surface area contributed by atoms with E-state index in [1.165, 1.54) is 0 Å². The number of carbonyl (C=O) groups is 3. The third-order valence-electron chi connectivity index (χ3n) is 6.27. The molecule has 0 heterocycles. The van der Waals surface area contributed by atoms with Gasteiger partial charge in [0.05, 0.1) is 12.2 Å². The summed E-state index contributed by atoms with van der Waals surface area (Å²) in [6.45, 7) is 8.26. The van der Waals surface area contributed by atoms with E-state index in [-0.39, 0.29) is 12.6 Å². The normalized spacial score (nSPS) is 20.5. The van der Waals surface area contributed by atoms with E-state index in [9.17, 15) is 14.4 Å². The van der Waals surface area contributed by atoms with Crippen molar-refractivity contribution in [3.05, 3.63) is 47.0 Å². The molecule has 0 saturated heterocycles. The molecule has 1 aliphatic carbocycles. The topological polar surface area (TPSA) is 69.7 Å². The van der Waals surface area contributed by atoms with Crippen molar-refractivity contribution < 1.29 is 23.9 Å². The number of hydrogen-bond donors (Lipinski definition) is 0. The predicted molar refractivity (Wildman–Crippen MR) is 116 cm³/mol. The Morgan fingerprint density at radius 3 is 2.47 bits per heavy atom. The van der Waals surface area contributed by atoms with Crippen LogP contribution in [0.2, 0.25) is 0 Å². The summed E-state index contributed by atoms with van der Waals surface area (Å²) >= 11 is 0. The van der Waals surface area contributed by atoms with Crippen LogP contribution in [0.1, 0.15) is 83.0 Å². The molecule has 0 radical (unpaired) electrons. The van der Waals surface area contributed by atoms with Gasteiger partial charge in [-0.2, -0.15) is 0 Å². The Labute approximate surface area is 179 Å². The lowest BCUT2D eigenvalue weighted by Gasteiger charge is -2.47. The van der Waals surface area contributed by atoms with Gasteiger partial charge in [0.1, 0.15) is 0 Å². The summed E-state index contributed by atoms with van der Waals surface area (Å²) in [5.74, 6) is -0.690. The van der Waals surface area contributed by atoms with Crippen LogP contribution in [0.3, 0.4) is 0 Å². The molecule has 0 saturated carbocycles. The van der Waals surface area contributed by atoms with Crippen molar-refractivity contribution in [2.45, 2.75) is 78.2 Å². The standard InChI is InChI=1S/C25H34O5/c1-5-6-8-13-22(27)29-17-15-21-19(2)14-16-25(18-26,24(21,3)4)30-23(28)20-11-9-7-10-12-20/h7,9-12,18H,5-6,8,13-17H2,1-4H3. The predicted octanol–water partition coefficient (Wildman–Crippen LogP) is 5.43. The van der Waals surface area contributed by atoms with Crippen molar-refractivity contribution in [3.8, 4) is 0 Å². The SMILES string of the molecule is CCCCCC(=O)OCCC1=C(C)CCC(C=O)(OC(=O)c2ccccc2)C1(C)C. The summed E-state index contributed by atoms with van der Waals surface area (Å²) < 4.78 is 11.3. The number of allylic oxidation sites excluding steroid dienone is 1. The summed E-state index contributed by atoms with van der Waals surface area (Å²) in [5, 5.41) is 0. The Hall–Kier alpha value is -2.43. The molecule has 0 aromatic heterocycles. The molecular formula is C25H34O5. The Morgan fingerprint density at radius 1 is 1.13 bits per heavy atom. The molecule has 1 unspecified atom stereocenters. The highest BCUT2D eigenvalue weighted by atomic mass is 16.6. The molecule has 1 aromatic rings. The van der Waals surface area contributed by atoms with E-state index in [4.69, 9.17) is 9.47 Å². The van der Waals surface area contributed by atoms with E-state index in [1.54, 1.807) is 24.3 Å². The van der Waals surface area contributed by atoms with Gasteiger partial charge in [0.15, 0.2) is 11.9 Å². The Bertz CT molecular complexity index is 778. The van der Waals surface area contributed by atoms with Gasteiger partial charge in [0, 0.05) is 18.3 Å². The minimum absolute atomic E-state index is 0.188. The van der Waals surface area contributed by atoms with Crippen LogP contribution in [0.25, 0.3) is 0 Å². The minimum Gasteiger partial charge on any atom is -0.465 e. The third kappa shape index (κ3) is 5.38. The van der Waals surface area contributed by atoms with Gasteiger partial charge in [-0.05, 0) is 38.3 Å². The average molecular weight is 415 g/mol. The Kier molecular flexibility index (Phi) is 8.39. The maximum absolute atomic E-state index is 12.7. The number of rotatable bonds is 10. The van der Waals surface area contributed by atoms with Gasteiger partial charge in [-0.1, -0.05) is 63.0 Å². The van der Waals surface area contributed by atoms with Crippen LogP contribution in [0.5, 0.6) is 0 Å². The molecule has 0 fully saturated rings. The molecular weight excluding hydrogens is 380 g/mol. The van der Waals surface area contributed by atoms with Gasteiger partial charge in [0.2, 0.25) is 0 Å². The summed E-state index contributed by atoms with van der Waals surface area (Å²) in [6, 6.07) is 8.71. The fraction of sp³-hybridized carbons (Fsp3) is 0.560. The molecule has 0 amide bonds. The fourth-order valence-corrected chi connectivity index (χ4v) is 4.22. The van der Waals surface area contributed by atoms with Crippen LogP contribution in [-0.2, 0) is 19.1 Å². The molecule has 164 valence electrons. The lowest BCUT2D eigenvalue weighted by atomic mass is 9.62. The zero-order valence-electron chi connectivity index (χ0n) is 18.7. The van der Waals surface area contributed by atoms with Crippen LogP contribution in [0.15, 0.2) is 41.5 Å². The maximum Gasteiger partial charge on any atom is 0.339 e. The molecule has 30 heavy (non-hydrogen) atoms. The van der Waals surface area contributed by atoms with E-state index in [2.05, 4.69) is 6.92 Å². The third-order valence-corrected chi connectivity index (χ3v) is 6.27. The average Bonchev–Trinajstić information content (AvgIpc) is 2.73. The van der Waals surface area contributed by atoms with Crippen LogP contribution < -0.4 is 0 Å². The van der Waals surface area contributed by atoms with Crippen molar-refractivity contribution in [2.75, 3.05) is 6.61 Å². The molecule has 0 aliphatic heterocycles. The summed E-state index contributed by atoms with van der Waals surface area (Å²) in [4.78, 5) is 36.9. The highest BCUT2D eigenvalue weighted by molar-refractivity contribution is 5.91. The lowest BCUT2D eigenvalue weighted by molar-refractivity contribution is -0.144. The molecule has 0 bridgehead atoms. The fourth-order valence-electron chi connectivity index (χ4n) is 4.22. The molecule has 1 aromatic carbocycles. The maximum atomic E-state index is 12.7. The van der Waals surface area contributed by atoms with Gasteiger partial charge >= 0.3 is 11.9 Å². The highest BCUT2D eigenvalue weighted by Gasteiger charge is 2.53. The number of carbonyl (C=O) groups excluding carboxylic acids is 3. The van der Waals surface area contributed by atoms with E-state index >= 15 is 0 Å². The van der Waals surface area contributed by atoms with Crippen molar-refractivity contribution in [1.82, 2.24) is 0 Å². The number of esters is 2. The van der Waals surface area contributed by atoms with Crippen molar-refractivity contribution in [3.63, 3.8) is 0 Å². The smallest absolute Gasteiger partial charge is 0.339 e. The first-order valence-corrected chi connectivity index (χ1v) is 10.9. The number of ether oxygens (including phenoxy) is 2. The van der Waals surface area contributed by atoms with Gasteiger partial charge in [-0.15, -0.1) is 0 Å². The number of aldehydes is 1. The van der Waals surface area contributed by atoms with Crippen LogP contribution in [0.4, 0.5) is 0 Å². The van der Waals surface area contributed by atoms with Crippen molar-refractivity contribution in [2.24, 2.45) is 5.41 Å². The number of unbranched alkanes of at least 4 members (excludes halogenated alkanes) is 2. The molecule has 5 nitrogen and oxygen atoms in total. The molecule has 0 spiro atoms. The summed E-state index contributed by atoms with van der Waals surface area (Å²) in [5.41, 5.74) is 0.650. The zero-order chi connectivity index (χ0) is 22.2. The second kappa shape index (κ2) is 10.6. The van der Waals surface area contributed by atoms with E-state index in [1.807, 2.05) is 26.8 Å². The Morgan fingerprint density at radius 2 is 1.83 bits per heavy atom. The van der Waals surface area contributed by atoms with Crippen LogP contribution in [-0.4, -0.2) is 30.4 Å². The monoisotopic (exact) mass is 414 g/mol. The summed E-state index contributed by atoms with van der Waals surface area (Å²) in [6.07, 6.45) is 5.74. The van der Waals surface area contributed by atoms with Crippen LogP contribution in [0, 0.1) is 5.41 Å². The van der Waals surface area contributed by atoms with Gasteiger partial charge in [0.25, 0.3) is 0 Å². The van der Waals surface area contributed by atoms with Gasteiger partial charge < -0.3 is 9.47 Å². The largest absolute Gasteiger partial charge is 0.465 e. The van der Waals surface area contributed by atoms with E-state index in [0.717, 1.165) is 36.7 Å². The first kappa shape index (κ1) is 23.8. The minimum atomic E-state index is -1.25. The molecule has 5 heteroatoms. The molecule has 2 rings (SSSR count). The highest BCUT2D eigenvalue weighted by Crippen LogP contribution is 2.50. The first-order valence-electron chi connectivity index (χ1n) is 10.9. The first-order chi connectivity index (χ1) is 14.3. The van der Waals surface area contributed by atoms with E-state index in [0.29, 0.717) is 31.2 Å². The Balaban J connectivity index is 2.11. The molecule has 1 aliphatic rings. The molecule has 0 N–H and O–H groups in total. The number of benzene rings is 1. The number of hydrogen-bond acceptors (Lipinski definition) is 5. The molecule has 1 atom stereocenters. The second-order valence-electron chi connectivity index (χ2n) is 8.57. The van der Waals surface area contributed by atoms with Gasteiger partial charge in [-0.25, -0.2) is 4.79 Å². The summed E-state index contributed by atoms with van der Waals surface area (Å²) in [7, 11) is 0. The van der Waals surface area contributed by atoms with E-state index < -0.39 is 17.0 Å². The lowest BCUT2D eigenvalue weighted by Crippen LogP contribution is -2.53.